The molecule has 4 rings (SSSR count). The van der Waals surface area contributed by atoms with Gasteiger partial charge in [-0.3, -0.25) is 4.79 Å². The number of pyridine rings is 1. The number of ketones is 1. The van der Waals surface area contributed by atoms with Crippen LogP contribution in [0.1, 0.15) is 31.3 Å². The summed E-state index contributed by atoms with van der Waals surface area (Å²) in [5.74, 6) is 0.988. The summed E-state index contributed by atoms with van der Waals surface area (Å²) >= 11 is 1.10. The van der Waals surface area contributed by atoms with Gasteiger partial charge in [0.25, 0.3) is 0 Å². The maximum atomic E-state index is 14.0. The molecule has 0 aliphatic rings. The SMILES string of the molecule is COCCOC(=O)c1c(C)nc2sc(C(=O)c3cc(OC)c(OC)c(OC)c3)c(N)c2c1-c1cc(OC)c(OC)c(OC)c1. The molecule has 13 heteroatoms. The van der Waals surface area contributed by atoms with E-state index < -0.39 is 11.8 Å². The molecule has 0 atom stereocenters. The number of aromatic nitrogens is 1. The number of thiophene rings is 1. The van der Waals surface area contributed by atoms with Gasteiger partial charge in [0, 0.05) is 23.6 Å². The number of nitrogens with two attached hydrogens (primary N) is 1. The predicted octanol–water partition coefficient (Wildman–Crippen LogP) is 4.94. The number of anilines is 1. The summed E-state index contributed by atoms with van der Waals surface area (Å²) in [6.07, 6.45) is 0. The number of aryl methyl sites for hydroxylation is 1. The van der Waals surface area contributed by atoms with E-state index in [2.05, 4.69) is 4.98 Å². The Morgan fingerprint density at radius 1 is 0.773 bits per heavy atom. The van der Waals surface area contributed by atoms with Crippen LogP contribution in [0.3, 0.4) is 0 Å². The number of esters is 1. The fourth-order valence-corrected chi connectivity index (χ4v) is 5.94. The number of hydrogen-bond donors (Lipinski definition) is 1. The number of carbonyl (C=O) groups is 2. The van der Waals surface area contributed by atoms with E-state index in [1.54, 1.807) is 31.2 Å². The minimum atomic E-state index is -0.638. The fourth-order valence-electron chi connectivity index (χ4n) is 4.83. The Hall–Kier alpha value is -4.75. The zero-order valence-electron chi connectivity index (χ0n) is 25.7. The molecule has 2 aromatic carbocycles. The molecular formula is C31H34N2O10S. The van der Waals surface area contributed by atoms with Crippen molar-refractivity contribution in [2.45, 2.75) is 6.92 Å². The average molecular weight is 627 g/mol. The molecule has 2 N–H and O–H groups in total. The summed E-state index contributed by atoms with van der Waals surface area (Å²) < 4.78 is 43.5. The minimum Gasteiger partial charge on any atom is -0.493 e. The van der Waals surface area contributed by atoms with E-state index in [1.165, 1.54) is 49.8 Å². The van der Waals surface area contributed by atoms with Crippen LogP contribution in [0, 0.1) is 6.92 Å². The van der Waals surface area contributed by atoms with E-state index in [4.69, 9.17) is 43.6 Å². The first kappa shape index (κ1) is 32.2. The van der Waals surface area contributed by atoms with Crippen molar-refractivity contribution in [3.63, 3.8) is 0 Å². The Kier molecular flexibility index (Phi) is 10.0. The van der Waals surface area contributed by atoms with E-state index in [0.29, 0.717) is 61.5 Å². The summed E-state index contributed by atoms with van der Waals surface area (Å²) in [5.41, 5.74) is 8.57. The second kappa shape index (κ2) is 13.7. The molecule has 0 saturated carbocycles. The van der Waals surface area contributed by atoms with Crippen molar-refractivity contribution in [1.29, 1.82) is 0 Å². The second-order valence-electron chi connectivity index (χ2n) is 9.26. The zero-order valence-corrected chi connectivity index (χ0v) is 26.6. The van der Waals surface area contributed by atoms with Crippen LogP contribution in [-0.2, 0) is 9.47 Å². The van der Waals surface area contributed by atoms with Gasteiger partial charge in [-0.1, -0.05) is 0 Å². The van der Waals surface area contributed by atoms with Gasteiger partial charge >= 0.3 is 5.97 Å². The van der Waals surface area contributed by atoms with Gasteiger partial charge in [-0.2, -0.15) is 0 Å². The number of rotatable bonds is 13. The van der Waals surface area contributed by atoms with Crippen LogP contribution in [0.5, 0.6) is 34.5 Å². The van der Waals surface area contributed by atoms with Crippen molar-refractivity contribution in [2.75, 3.05) is 68.7 Å². The van der Waals surface area contributed by atoms with E-state index in [9.17, 15) is 9.59 Å². The zero-order chi connectivity index (χ0) is 32.1. The van der Waals surface area contributed by atoms with Crippen molar-refractivity contribution >= 4 is 39.0 Å². The molecule has 12 nitrogen and oxygen atoms in total. The lowest BCUT2D eigenvalue weighted by molar-refractivity contribution is 0.0387. The summed E-state index contributed by atoms with van der Waals surface area (Å²) in [5, 5.41) is 0.393. The largest absolute Gasteiger partial charge is 0.493 e. The molecule has 0 saturated heterocycles. The van der Waals surface area contributed by atoms with Crippen LogP contribution < -0.4 is 34.2 Å². The molecule has 44 heavy (non-hydrogen) atoms. The van der Waals surface area contributed by atoms with Crippen LogP contribution in [0.25, 0.3) is 21.3 Å². The molecule has 2 aromatic heterocycles. The first-order chi connectivity index (χ1) is 21.2. The number of ether oxygens (including phenoxy) is 8. The van der Waals surface area contributed by atoms with Crippen LogP contribution in [0.4, 0.5) is 5.69 Å². The highest BCUT2D eigenvalue weighted by molar-refractivity contribution is 7.21. The van der Waals surface area contributed by atoms with Gasteiger partial charge in [-0.05, 0) is 36.8 Å². The number of methoxy groups -OCH3 is 7. The summed E-state index contributed by atoms with van der Waals surface area (Å²) in [4.78, 5) is 32.8. The summed E-state index contributed by atoms with van der Waals surface area (Å²) in [7, 11) is 10.4. The van der Waals surface area contributed by atoms with Gasteiger partial charge in [-0.15, -0.1) is 11.3 Å². The van der Waals surface area contributed by atoms with E-state index in [1.807, 2.05) is 0 Å². The van der Waals surface area contributed by atoms with Crippen molar-refractivity contribution < 1.29 is 47.5 Å². The third kappa shape index (κ3) is 5.75. The van der Waals surface area contributed by atoms with Gasteiger partial charge < -0.3 is 43.6 Å². The van der Waals surface area contributed by atoms with Crippen molar-refractivity contribution in [3.05, 3.63) is 46.0 Å². The fraction of sp³-hybridized carbons (Fsp3) is 0.323. The molecule has 0 radical (unpaired) electrons. The highest BCUT2D eigenvalue weighted by atomic mass is 32.1. The molecule has 2 heterocycles. The van der Waals surface area contributed by atoms with E-state index >= 15 is 0 Å². The van der Waals surface area contributed by atoms with Crippen molar-refractivity contribution in [2.24, 2.45) is 0 Å². The Bertz CT molecular complexity index is 1670. The normalized spacial score (nSPS) is 10.8. The Morgan fingerprint density at radius 2 is 1.30 bits per heavy atom. The van der Waals surface area contributed by atoms with Gasteiger partial charge in [-0.25, -0.2) is 9.78 Å². The van der Waals surface area contributed by atoms with E-state index in [0.717, 1.165) is 11.3 Å². The molecule has 0 bridgehead atoms. The molecule has 0 aliphatic carbocycles. The van der Waals surface area contributed by atoms with E-state index in [-0.39, 0.29) is 34.9 Å². The molecule has 0 aliphatic heterocycles. The second-order valence-corrected chi connectivity index (χ2v) is 10.3. The van der Waals surface area contributed by atoms with Crippen LogP contribution in [0.15, 0.2) is 24.3 Å². The molecule has 4 aromatic rings. The maximum Gasteiger partial charge on any atom is 0.340 e. The molecule has 0 amide bonds. The molecule has 0 fully saturated rings. The lowest BCUT2D eigenvalue weighted by Gasteiger charge is -2.18. The highest BCUT2D eigenvalue weighted by Crippen LogP contribution is 2.48. The van der Waals surface area contributed by atoms with Gasteiger partial charge in [0.05, 0.1) is 66.2 Å². The molecule has 0 spiro atoms. The smallest absolute Gasteiger partial charge is 0.340 e. The van der Waals surface area contributed by atoms with Crippen molar-refractivity contribution in [1.82, 2.24) is 4.98 Å². The summed E-state index contributed by atoms with van der Waals surface area (Å²) in [6, 6.07) is 6.48. The average Bonchev–Trinajstić information content (AvgIpc) is 3.36. The number of hydrogen-bond acceptors (Lipinski definition) is 13. The Labute approximate surface area is 258 Å². The molecular weight excluding hydrogens is 592 g/mol. The lowest BCUT2D eigenvalue weighted by atomic mass is 9.94. The summed E-state index contributed by atoms with van der Waals surface area (Å²) in [6.45, 7) is 1.91. The monoisotopic (exact) mass is 626 g/mol. The maximum absolute atomic E-state index is 14.0. The molecule has 234 valence electrons. The van der Waals surface area contributed by atoms with Gasteiger partial charge in [0.2, 0.25) is 17.3 Å². The third-order valence-electron chi connectivity index (χ3n) is 6.87. The first-order valence-electron chi connectivity index (χ1n) is 13.2. The van der Waals surface area contributed by atoms with Gasteiger partial charge in [0.15, 0.2) is 23.0 Å². The number of nitrogens with zero attached hydrogens (tertiary/aromatic N) is 1. The van der Waals surface area contributed by atoms with Crippen LogP contribution in [0.2, 0.25) is 0 Å². The van der Waals surface area contributed by atoms with Crippen molar-refractivity contribution in [3.8, 4) is 45.6 Å². The number of carbonyl (C=O) groups excluding carboxylic acids is 2. The number of nitrogen functional groups attached to an aromatic ring is 1. The third-order valence-corrected chi connectivity index (χ3v) is 7.97. The number of fused-ring (bicyclic) bond motifs is 1. The minimum absolute atomic E-state index is 0.0193. The van der Waals surface area contributed by atoms with Crippen LogP contribution >= 0.6 is 11.3 Å². The predicted molar refractivity (Wildman–Crippen MR) is 166 cm³/mol. The Morgan fingerprint density at radius 3 is 1.77 bits per heavy atom. The first-order valence-corrected chi connectivity index (χ1v) is 14.0. The standard InChI is InChI=1S/C31H34N2O10S/c1-15-22(31(35)43-10-9-36-2)23(16-11-18(37-3)27(41-7)19(12-16)38-4)24-25(32)29(44-30(24)33-15)26(34)17-13-20(39-5)28(42-8)21(14-17)40-6/h11-14H,9-10,32H2,1-8H3. The Balaban J connectivity index is 2.04. The highest BCUT2D eigenvalue weighted by Gasteiger charge is 2.30. The molecule has 0 unspecified atom stereocenters. The van der Waals surface area contributed by atoms with Crippen LogP contribution in [-0.4, -0.2) is 79.7 Å². The van der Waals surface area contributed by atoms with Gasteiger partial charge in [0.1, 0.15) is 16.3 Å². The quantitative estimate of drug-likeness (QED) is 0.122. The number of benzene rings is 2. The lowest BCUT2D eigenvalue weighted by Crippen LogP contribution is -2.14. The topological polar surface area (TPSA) is 147 Å².